The molecule has 2 aliphatic rings. The molecule has 22 heavy (non-hydrogen) atoms. The second kappa shape index (κ2) is 5.49. The van der Waals surface area contributed by atoms with Gasteiger partial charge in [0.15, 0.2) is 0 Å². The molecule has 1 aliphatic carbocycles. The molecule has 2 atom stereocenters. The predicted molar refractivity (Wildman–Crippen MR) is 93.6 cm³/mol. The minimum absolute atomic E-state index is 0.412. The van der Waals surface area contributed by atoms with Gasteiger partial charge in [-0.1, -0.05) is 54.6 Å². The molecule has 2 unspecified atom stereocenters. The first kappa shape index (κ1) is 13.4. The molecule has 1 nitrogen and oxygen atoms in total. The molecular formula is C21H21N. The second-order valence-corrected chi connectivity index (χ2v) is 6.30. The Balaban J connectivity index is 1.90. The summed E-state index contributed by atoms with van der Waals surface area (Å²) in [6.07, 6.45) is 11.5. The van der Waals surface area contributed by atoms with Crippen molar-refractivity contribution in [3.63, 3.8) is 0 Å². The second-order valence-electron chi connectivity index (χ2n) is 6.30. The fourth-order valence-electron chi connectivity index (χ4n) is 3.68. The van der Waals surface area contributed by atoms with Crippen molar-refractivity contribution < 1.29 is 0 Å². The summed E-state index contributed by atoms with van der Waals surface area (Å²) in [4.78, 5) is 2.53. The van der Waals surface area contributed by atoms with Crippen LogP contribution in [-0.4, -0.2) is 6.04 Å². The summed E-state index contributed by atoms with van der Waals surface area (Å²) in [7, 11) is 0. The highest BCUT2D eigenvalue weighted by Crippen LogP contribution is 2.40. The molecular weight excluding hydrogens is 266 g/mol. The van der Waals surface area contributed by atoms with Gasteiger partial charge in [-0.3, -0.25) is 0 Å². The Bertz CT molecular complexity index is 727. The van der Waals surface area contributed by atoms with E-state index in [1.807, 2.05) is 0 Å². The Hall–Kier alpha value is -2.28. The van der Waals surface area contributed by atoms with Crippen LogP contribution >= 0.6 is 0 Å². The van der Waals surface area contributed by atoms with E-state index in [2.05, 4.69) is 84.7 Å². The minimum atomic E-state index is 0.412. The van der Waals surface area contributed by atoms with Gasteiger partial charge in [0.1, 0.15) is 0 Å². The van der Waals surface area contributed by atoms with Crippen LogP contribution in [0.25, 0.3) is 0 Å². The highest BCUT2D eigenvalue weighted by Gasteiger charge is 2.30. The van der Waals surface area contributed by atoms with E-state index in [0.29, 0.717) is 12.0 Å². The highest BCUT2D eigenvalue weighted by molar-refractivity contribution is 5.70. The third kappa shape index (κ3) is 2.27. The van der Waals surface area contributed by atoms with Crippen LogP contribution < -0.4 is 4.90 Å². The molecule has 0 fully saturated rings. The molecule has 0 spiro atoms. The van der Waals surface area contributed by atoms with Crippen molar-refractivity contribution >= 4 is 11.4 Å². The Morgan fingerprint density at radius 1 is 0.955 bits per heavy atom. The van der Waals surface area contributed by atoms with Gasteiger partial charge in [-0.05, 0) is 49.1 Å². The topological polar surface area (TPSA) is 3.24 Å². The summed E-state index contributed by atoms with van der Waals surface area (Å²) in [6, 6.07) is 18.1. The summed E-state index contributed by atoms with van der Waals surface area (Å²) in [6.45, 7) is 2.18. The Kier molecular flexibility index (Phi) is 3.34. The summed E-state index contributed by atoms with van der Waals surface area (Å²) in [5.41, 5.74) is 5.45. The van der Waals surface area contributed by atoms with E-state index in [1.165, 1.54) is 28.9 Å². The number of para-hydroxylation sites is 1. The maximum Gasteiger partial charge on any atom is 0.0588 e. The first-order valence-corrected chi connectivity index (χ1v) is 8.12. The van der Waals surface area contributed by atoms with Gasteiger partial charge >= 0.3 is 0 Å². The Morgan fingerprint density at radius 2 is 1.77 bits per heavy atom. The van der Waals surface area contributed by atoms with Gasteiger partial charge in [-0.25, -0.2) is 0 Å². The number of benzene rings is 2. The number of aryl methyl sites for hydroxylation is 2. The van der Waals surface area contributed by atoms with Crippen molar-refractivity contribution in [3.8, 4) is 0 Å². The lowest BCUT2D eigenvalue weighted by Gasteiger charge is -2.36. The normalized spacial score (nSPS) is 22.9. The molecule has 110 valence electrons. The summed E-state index contributed by atoms with van der Waals surface area (Å²) in [5, 5.41) is 0. The quantitative estimate of drug-likeness (QED) is 0.697. The molecule has 4 rings (SSSR count). The van der Waals surface area contributed by atoms with E-state index in [1.54, 1.807) is 0 Å². The number of anilines is 2. The van der Waals surface area contributed by atoms with Crippen LogP contribution in [0.2, 0.25) is 0 Å². The minimum Gasteiger partial charge on any atom is -0.334 e. The van der Waals surface area contributed by atoms with Crippen molar-refractivity contribution in [2.24, 2.45) is 5.92 Å². The van der Waals surface area contributed by atoms with E-state index < -0.39 is 0 Å². The smallest absolute Gasteiger partial charge is 0.0588 e. The van der Waals surface area contributed by atoms with Crippen molar-refractivity contribution in [2.45, 2.75) is 25.8 Å². The highest BCUT2D eigenvalue weighted by atomic mass is 15.2. The van der Waals surface area contributed by atoms with E-state index in [4.69, 9.17) is 0 Å². The number of allylic oxidation sites excluding steroid dienone is 2. The van der Waals surface area contributed by atoms with Crippen molar-refractivity contribution in [2.75, 3.05) is 4.90 Å². The lowest BCUT2D eigenvalue weighted by Crippen LogP contribution is -2.35. The van der Waals surface area contributed by atoms with Crippen LogP contribution in [-0.2, 0) is 6.42 Å². The van der Waals surface area contributed by atoms with Gasteiger partial charge < -0.3 is 4.90 Å². The molecule has 2 aromatic rings. The first-order chi connectivity index (χ1) is 10.8. The molecule has 0 radical (unpaired) electrons. The fourth-order valence-corrected chi connectivity index (χ4v) is 3.68. The van der Waals surface area contributed by atoms with E-state index in [-0.39, 0.29) is 0 Å². The molecule has 1 heterocycles. The molecule has 0 bridgehead atoms. The van der Waals surface area contributed by atoms with Crippen LogP contribution in [0, 0.1) is 12.8 Å². The maximum absolute atomic E-state index is 2.53. The number of hydrogen-bond acceptors (Lipinski definition) is 1. The molecule has 1 aliphatic heterocycles. The summed E-state index contributed by atoms with van der Waals surface area (Å²) in [5.74, 6) is 0.581. The maximum atomic E-state index is 2.53. The Morgan fingerprint density at radius 3 is 2.64 bits per heavy atom. The number of rotatable bonds is 1. The molecule has 0 N–H and O–H groups in total. The van der Waals surface area contributed by atoms with Gasteiger partial charge in [0.2, 0.25) is 0 Å². The van der Waals surface area contributed by atoms with Crippen LogP contribution in [0.1, 0.15) is 17.5 Å². The third-order valence-corrected chi connectivity index (χ3v) is 4.80. The SMILES string of the molecule is Cc1ccc2c(c1)N(c1ccccc1)C1C=CC=CC1CC2. The van der Waals surface area contributed by atoms with Crippen LogP contribution in [0.15, 0.2) is 72.8 Å². The van der Waals surface area contributed by atoms with Crippen molar-refractivity contribution in [3.05, 3.63) is 84.0 Å². The molecule has 0 saturated heterocycles. The standard InChI is InChI=1S/C21H21N/c1-16-11-12-18-14-13-17-7-5-6-10-20(17)22(21(18)15-16)19-8-3-2-4-9-19/h2-12,15,17,20H,13-14H2,1H3. The van der Waals surface area contributed by atoms with Gasteiger partial charge in [0.25, 0.3) is 0 Å². The zero-order valence-corrected chi connectivity index (χ0v) is 12.9. The average Bonchev–Trinajstić information content (AvgIpc) is 2.72. The summed E-state index contributed by atoms with van der Waals surface area (Å²) >= 11 is 0. The fraction of sp³-hybridized carbons (Fsp3) is 0.238. The van der Waals surface area contributed by atoms with Gasteiger partial charge in [-0.2, -0.15) is 0 Å². The van der Waals surface area contributed by atoms with E-state index in [9.17, 15) is 0 Å². The lowest BCUT2D eigenvalue weighted by atomic mass is 9.90. The van der Waals surface area contributed by atoms with Crippen molar-refractivity contribution in [1.82, 2.24) is 0 Å². The van der Waals surface area contributed by atoms with Crippen molar-refractivity contribution in [1.29, 1.82) is 0 Å². The molecule has 0 amide bonds. The number of nitrogens with zero attached hydrogens (tertiary/aromatic N) is 1. The lowest BCUT2D eigenvalue weighted by molar-refractivity contribution is 0.535. The monoisotopic (exact) mass is 287 g/mol. The Labute approximate surface area is 132 Å². The van der Waals surface area contributed by atoms with Gasteiger partial charge in [-0.15, -0.1) is 0 Å². The molecule has 0 aromatic heterocycles. The van der Waals surface area contributed by atoms with E-state index in [0.717, 1.165) is 6.42 Å². The predicted octanol–water partition coefficient (Wildman–Crippen LogP) is 5.19. The number of hydrogen-bond donors (Lipinski definition) is 0. The largest absolute Gasteiger partial charge is 0.334 e. The zero-order valence-electron chi connectivity index (χ0n) is 12.9. The van der Waals surface area contributed by atoms with Crippen LogP contribution in [0.3, 0.4) is 0 Å². The van der Waals surface area contributed by atoms with Crippen LogP contribution in [0.4, 0.5) is 11.4 Å². The zero-order chi connectivity index (χ0) is 14.9. The van der Waals surface area contributed by atoms with Crippen LogP contribution in [0.5, 0.6) is 0 Å². The van der Waals surface area contributed by atoms with Gasteiger partial charge in [0, 0.05) is 17.3 Å². The molecule has 2 aromatic carbocycles. The first-order valence-electron chi connectivity index (χ1n) is 8.12. The van der Waals surface area contributed by atoms with Gasteiger partial charge in [0.05, 0.1) is 6.04 Å². The van der Waals surface area contributed by atoms with E-state index >= 15 is 0 Å². The molecule has 0 saturated carbocycles. The number of fused-ring (bicyclic) bond motifs is 2. The third-order valence-electron chi connectivity index (χ3n) is 4.80. The summed E-state index contributed by atoms with van der Waals surface area (Å²) < 4.78 is 0. The average molecular weight is 287 g/mol. The molecule has 1 heteroatoms.